The van der Waals surface area contributed by atoms with Crippen molar-refractivity contribution in [2.75, 3.05) is 6.61 Å². The van der Waals surface area contributed by atoms with E-state index < -0.39 is 36.5 Å². The van der Waals surface area contributed by atoms with Crippen molar-refractivity contribution in [2.24, 2.45) is 10.2 Å². The van der Waals surface area contributed by atoms with E-state index in [9.17, 15) is 24.0 Å². The van der Waals surface area contributed by atoms with Crippen LogP contribution in [-0.2, 0) is 13.1 Å². The van der Waals surface area contributed by atoms with Crippen LogP contribution in [0.1, 0.15) is 5.56 Å². The van der Waals surface area contributed by atoms with Crippen molar-refractivity contribution in [1.82, 2.24) is 19.1 Å². The number of H-pyrrole nitrogens is 1. The van der Waals surface area contributed by atoms with E-state index in [0.717, 1.165) is 4.57 Å². The minimum absolute atomic E-state index is 0.0242. The Morgan fingerprint density at radius 2 is 1.78 bits per heavy atom. The molecule has 0 amide bonds. The molecule has 2 heterocycles. The van der Waals surface area contributed by atoms with Crippen molar-refractivity contribution < 1.29 is 14.2 Å². The summed E-state index contributed by atoms with van der Waals surface area (Å²) in [5.74, 6) is -0.238. The lowest BCUT2D eigenvalue weighted by molar-refractivity contribution is 0.250. The van der Waals surface area contributed by atoms with Crippen molar-refractivity contribution in [3.63, 3.8) is 0 Å². The van der Waals surface area contributed by atoms with Crippen LogP contribution < -0.4 is 21.7 Å². The number of aliphatic hydroxyl groups excluding tert-OH is 1. The fraction of sp³-hybridized carbons (Fsp3) is 0.167. The van der Waals surface area contributed by atoms with Crippen LogP contribution in [0.25, 0.3) is 0 Å². The molecule has 0 aliphatic carbocycles. The van der Waals surface area contributed by atoms with E-state index in [0.29, 0.717) is 22.0 Å². The lowest BCUT2D eigenvalue weighted by atomic mass is 10.2. The molecular weight excluding hydrogens is 507 g/mol. The molecule has 0 aliphatic rings. The Bertz CT molecular complexity index is 1580. The molecule has 37 heavy (non-hydrogen) atoms. The molecule has 0 bridgehead atoms. The normalized spacial score (nSPS) is 12.4. The number of nitrogens with one attached hydrogen (secondary N) is 1. The van der Waals surface area contributed by atoms with Gasteiger partial charge in [0, 0.05) is 11.1 Å². The molecule has 2 aromatic carbocycles. The maximum atomic E-state index is 13.3. The zero-order chi connectivity index (χ0) is 26.4. The van der Waals surface area contributed by atoms with Crippen molar-refractivity contribution in [3.8, 4) is 11.6 Å². The first kappa shape index (κ1) is 25.7. The number of halogens is 2. The van der Waals surface area contributed by atoms with Gasteiger partial charge in [0.2, 0.25) is 17.4 Å². The van der Waals surface area contributed by atoms with E-state index in [-0.39, 0.29) is 18.0 Å². The number of hydrogen-bond acceptors (Lipinski definition) is 8. The number of rotatable bonds is 9. The van der Waals surface area contributed by atoms with Crippen LogP contribution in [0, 0.1) is 10.9 Å². The molecule has 0 aliphatic heterocycles. The van der Waals surface area contributed by atoms with Crippen LogP contribution in [0.3, 0.4) is 0 Å². The summed E-state index contributed by atoms with van der Waals surface area (Å²) in [6.45, 7) is -1.01. The van der Waals surface area contributed by atoms with Crippen LogP contribution in [-0.4, -0.2) is 36.9 Å². The summed E-state index contributed by atoms with van der Waals surface area (Å²) in [7, 11) is 0. The van der Waals surface area contributed by atoms with Crippen molar-refractivity contribution in [1.29, 1.82) is 0 Å². The second kappa shape index (κ2) is 11.5. The van der Waals surface area contributed by atoms with E-state index in [4.69, 9.17) is 16.3 Å². The Morgan fingerprint density at radius 1 is 1.05 bits per heavy atom. The predicted octanol–water partition coefficient (Wildman–Crippen LogP) is 2.73. The highest BCUT2D eigenvalue weighted by Crippen LogP contribution is 2.22. The summed E-state index contributed by atoms with van der Waals surface area (Å²) in [6.07, 6.45) is 0. The standard InChI is InChI=1S/C24H20ClFN6O5/c25-16-6-4-15(5-7-16)12-31-22(29-23(34)32(24(31)35)13-18(14-33)30-36)27-17-8-10-19(11-9-17)37-21-3-1-2-20(26)28-21/h1-11,18,33H,12-14H2,(H,27,29,34)/t18-/m0/s1. The smallest absolute Gasteiger partial charge is 0.335 e. The number of aromatic amines is 1. The highest BCUT2D eigenvalue weighted by atomic mass is 35.5. The number of ether oxygens (including phenoxy) is 1. The number of nitroso groups, excluding NO2 is 1. The molecule has 0 saturated heterocycles. The van der Waals surface area contributed by atoms with Gasteiger partial charge in [-0.05, 0) is 48.0 Å². The summed E-state index contributed by atoms with van der Waals surface area (Å²) in [5.41, 5.74) is -0.562. The largest absolute Gasteiger partial charge is 0.439 e. The lowest BCUT2D eigenvalue weighted by Crippen LogP contribution is -2.51. The zero-order valence-electron chi connectivity index (χ0n) is 19.1. The minimum Gasteiger partial charge on any atom is -0.439 e. The van der Waals surface area contributed by atoms with Crippen molar-refractivity contribution in [3.05, 3.63) is 115 Å². The highest BCUT2D eigenvalue weighted by molar-refractivity contribution is 6.30. The first-order chi connectivity index (χ1) is 17.9. The minimum atomic E-state index is -1.18. The quantitative estimate of drug-likeness (QED) is 0.253. The molecule has 0 radical (unpaired) electrons. The summed E-state index contributed by atoms with van der Waals surface area (Å²) in [4.78, 5) is 47.5. The zero-order valence-corrected chi connectivity index (χ0v) is 19.9. The van der Waals surface area contributed by atoms with Gasteiger partial charge in [0.1, 0.15) is 11.8 Å². The van der Waals surface area contributed by atoms with E-state index in [2.05, 4.69) is 20.1 Å². The van der Waals surface area contributed by atoms with Crippen LogP contribution >= 0.6 is 11.6 Å². The Kier molecular flexibility index (Phi) is 8.01. The molecule has 190 valence electrons. The highest BCUT2D eigenvalue weighted by Gasteiger charge is 2.15. The Hall–Kier alpha value is -4.42. The van der Waals surface area contributed by atoms with Gasteiger partial charge in [-0.1, -0.05) is 35.0 Å². The summed E-state index contributed by atoms with van der Waals surface area (Å²) >= 11 is 5.96. The van der Waals surface area contributed by atoms with Gasteiger partial charge in [0.15, 0.2) is 0 Å². The fourth-order valence-corrected chi connectivity index (χ4v) is 3.46. The molecule has 0 saturated carbocycles. The lowest BCUT2D eigenvalue weighted by Gasteiger charge is -2.12. The molecule has 11 nitrogen and oxygen atoms in total. The maximum absolute atomic E-state index is 13.3. The molecule has 0 fully saturated rings. The molecule has 4 rings (SSSR count). The second-order valence-corrected chi connectivity index (χ2v) is 8.24. The summed E-state index contributed by atoms with van der Waals surface area (Å²) in [5, 5.41) is 12.5. The molecule has 4 aromatic rings. The van der Waals surface area contributed by atoms with Gasteiger partial charge in [-0.25, -0.2) is 19.1 Å². The van der Waals surface area contributed by atoms with E-state index in [1.54, 1.807) is 48.5 Å². The number of benzene rings is 2. The molecule has 1 atom stereocenters. The third-order valence-electron chi connectivity index (χ3n) is 5.17. The molecule has 2 aromatic heterocycles. The van der Waals surface area contributed by atoms with Gasteiger partial charge < -0.3 is 9.84 Å². The summed E-state index contributed by atoms with van der Waals surface area (Å²) < 4.78 is 20.8. The first-order valence-electron chi connectivity index (χ1n) is 10.9. The second-order valence-electron chi connectivity index (χ2n) is 7.81. The molecule has 0 unspecified atom stereocenters. The average molecular weight is 527 g/mol. The van der Waals surface area contributed by atoms with E-state index in [1.807, 2.05) is 0 Å². The number of hydrogen-bond donors (Lipinski definition) is 2. The molecule has 2 N–H and O–H groups in total. The third-order valence-corrected chi connectivity index (χ3v) is 5.42. The Balaban J connectivity index is 1.74. The van der Waals surface area contributed by atoms with Crippen LogP contribution in [0.5, 0.6) is 11.6 Å². The third kappa shape index (κ3) is 6.42. The predicted molar refractivity (Wildman–Crippen MR) is 132 cm³/mol. The van der Waals surface area contributed by atoms with Crippen molar-refractivity contribution in [2.45, 2.75) is 19.1 Å². The number of nitrogens with zero attached hydrogens (tertiary/aromatic N) is 5. The Labute approximate surface area is 213 Å². The number of pyridine rings is 1. The van der Waals surface area contributed by atoms with Gasteiger partial charge in [-0.3, -0.25) is 9.55 Å². The van der Waals surface area contributed by atoms with Gasteiger partial charge in [-0.2, -0.15) is 14.3 Å². The number of aromatic nitrogens is 4. The molecular formula is C24H20ClFN6O5. The van der Waals surface area contributed by atoms with Gasteiger partial charge in [0.05, 0.1) is 25.4 Å². The average Bonchev–Trinajstić information content (AvgIpc) is 2.89. The van der Waals surface area contributed by atoms with Crippen LogP contribution in [0.4, 0.5) is 10.1 Å². The fourth-order valence-electron chi connectivity index (χ4n) is 3.33. The Morgan fingerprint density at radius 3 is 2.43 bits per heavy atom. The molecule has 13 heteroatoms. The van der Waals surface area contributed by atoms with Gasteiger partial charge >= 0.3 is 11.4 Å². The first-order valence-corrected chi connectivity index (χ1v) is 11.3. The summed E-state index contributed by atoms with van der Waals surface area (Å²) in [6, 6.07) is 16.0. The number of aliphatic hydroxyl groups is 1. The van der Waals surface area contributed by atoms with E-state index >= 15 is 0 Å². The maximum Gasteiger partial charge on any atom is 0.335 e. The topological polar surface area (TPSA) is 144 Å². The van der Waals surface area contributed by atoms with Gasteiger partial charge in [0.25, 0.3) is 0 Å². The SMILES string of the molecule is O=N[C@H](CO)Cn1c(=O)[nH]/c(=N\c2ccc(Oc3cccc(F)n3)cc2)n(Cc2ccc(Cl)cc2)c1=O. The van der Waals surface area contributed by atoms with Gasteiger partial charge in [-0.15, -0.1) is 0 Å². The van der Waals surface area contributed by atoms with Crippen LogP contribution in [0.15, 0.2) is 86.5 Å². The monoisotopic (exact) mass is 526 g/mol. The molecule has 0 spiro atoms. The van der Waals surface area contributed by atoms with Crippen molar-refractivity contribution >= 4 is 17.3 Å². The van der Waals surface area contributed by atoms with Crippen LogP contribution in [0.2, 0.25) is 5.02 Å². The van der Waals surface area contributed by atoms with E-state index in [1.165, 1.54) is 22.8 Å².